The van der Waals surface area contributed by atoms with Crippen LogP contribution in [0.4, 0.5) is 5.82 Å². The largest absolute Gasteiger partial charge is 0.374 e. The van der Waals surface area contributed by atoms with Gasteiger partial charge >= 0.3 is 0 Å². The number of hydrogen-bond acceptors (Lipinski definition) is 7. The Labute approximate surface area is 148 Å². The molecule has 2 saturated heterocycles. The summed E-state index contributed by atoms with van der Waals surface area (Å²) in [6, 6.07) is 0.595. The van der Waals surface area contributed by atoms with Crippen LogP contribution in [0.3, 0.4) is 0 Å². The lowest BCUT2D eigenvalue weighted by Gasteiger charge is -2.40. The fraction of sp³-hybridized carbons (Fsp3) is 0.706. The number of morpholine rings is 1. The number of piperazine rings is 1. The Hall–Kier alpha value is -1.77. The number of fused-ring (bicyclic) bond motifs is 1. The van der Waals surface area contributed by atoms with Crippen molar-refractivity contribution in [3.8, 4) is 0 Å². The molecule has 0 saturated carbocycles. The van der Waals surface area contributed by atoms with Crippen LogP contribution in [0.1, 0.15) is 13.8 Å². The fourth-order valence-electron chi connectivity index (χ4n) is 3.74. The number of hydrogen-bond donors (Lipinski definition) is 1. The summed E-state index contributed by atoms with van der Waals surface area (Å²) in [6.07, 6.45) is 3.60. The van der Waals surface area contributed by atoms with Crippen molar-refractivity contribution in [2.75, 3.05) is 57.3 Å². The average molecular weight is 345 g/mol. The molecule has 0 bridgehead atoms. The van der Waals surface area contributed by atoms with Gasteiger partial charge in [0.2, 0.25) is 0 Å². The standard InChI is InChI=1S/C17H27N7O/c1-13(2)24-7-8-25-14(10-24)9-22-3-5-23(6-4-22)17-15-16(19-11-18-15)20-12-21-17/h11-14H,3-10H2,1-2H3,(H,18,19,20,21)/t14-/m0/s1. The zero-order chi connectivity index (χ0) is 17.2. The van der Waals surface area contributed by atoms with E-state index < -0.39 is 0 Å². The van der Waals surface area contributed by atoms with Gasteiger partial charge < -0.3 is 14.6 Å². The maximum absolute atomic E-state index is 5.99. The van der Waals surface area contributed by atoms with Crippen molar-refractivity contribution in [3.05, 3.63) is 12.7 Å². The SMILES string of the molecule is CC(C)N1CCO[C@@H](CN2CCN(c3ncnc4nc[nH]c34)CC2)C1. The molecule has 4 rings (SSSR count). The number of H-pyrrole nitrogens is 1. The summed E-state index contributed by atoms with van der Waals surface area (Å²) in [4.78, 5) is 23.4. The van der Waals surface area contributed by atoms with Crippen molar-refractivity contribution in [2.24, 2.45) is 0 Å². The van der Waals surface area contributed by atoms with Gasteiger partial charge in [-0.3, -0.25) is 9.80 Å². The second-order valence-electron chi connectivity index (χ2n) is 7.17. The van der Waals surface area contributed by atoms with E-state index in [-0.39, 0.29) is 0 Å². The third kappa shape index (κ3) is 3.61. The third-order valence-electron chi connectivity index (χ3n) is 5.24. The van der Waals surface area contributed by atoms with E-state index in [4.69, 9.17) is 4.74 Å². The smallest absolute Gasteiger partial charge is 0.182 e. The summed E-state index contributed by atoms with van der Waals surface area (Å²) in [5.41, 5.74) is 1.66. The van der Waals surface area contributed by atoms with Gasteiger partial charge in [-0.05, 0) is 13.8 Å². The molecule has 0 aromatic carbocycles. The van der Waals surface area contributed by atoms with Crippen molar-refractivity contribution in [1.29, 1.82) is 0 Å². The van der Waals surface area contributed by atoms with E-state index in [1.165, 1.54) is 0 Å². The topological polar surface area (TPSA) is 73.4 Å². The van der Waals surface area contributed by atoms with Crippen LogP contribution in [0.2, 0.25) is 0 Å². The van der Waals surface area contributed by atoms with Crippen molar-refractivity contribution in [1.82, 2.24) is 29.7 Å². The highest BCUT2D eigenvalue weighted by molar-refractivity contribution is 5.82. The van der Waals surface area contributed by atoms with E-state index in [0.29, 0.717) is 12.1 Å². The van der Waals surface area contributed by atoms with Gasteiger partial charge in [0.1, 0.15) is 11.8 Å². The van der Waals surface area contributed by atoms with E-state index >= 15 is 0 Å². The first-order valence-electron chi connectivity index (χ1n) is 9.18. The molecule has 136 valence electrons. The molecule has 4 heterocycles. The lowest BCUT2D eigenvalue weighted by Crippen LogP contribution is -2.53. The van der Waals surface area contributed by atoms with Gasteiger partial charge in [0.05, 0.1) is 19.0 Å². The monoisotopic (exact) mass is 345 g/mol. The van der Waals surface area contributed by atoms with Crippen LogP contribution < -0.4 is 4.90 Å². The van der Waals surface area contributed by atoms with E-state index in [2.05, 4.69) is 48.5 Å². The highest BCUT2D eigenvalue weighted by Crippen LogP contribution is 2.21. The number of aromatic nitrogens is 4. The zero-order valence-corrected chi connectivity index (χ0v) is 15.1. The maximum Gasteiger partial charge on any atom is 0.182 e. The van der Waals surface area contributed by atoms with Gasteiger partial charge in [-0.15, -0.1) is 0 Å². The molecule has 1 atom stereocenters. The number of aromatic amines is 1. The van der Waals surface area contributed by atoms with Gasteiger partial charge in [-0.2, -0.15) is 0 Å². The molecule has 2 fully saturated rings. The van der Waals surface area contributed by atoms with Crippen LogP contribution in [0.15, 0.2) is 12.7 Å². The van der Waals surface area contributed by atoms with Crippen LogP contribution in [0, 0.1) is 0 Å². The Morgan fingerprint density at radius 3 is 2.80 bits per heavy atom. The third-order valence-corrected chi connectivity index (χ3v) is 5.24. The van der Waals surface area contributed by atoms with Crippen LogP contribution in [-0.4, -0.2) is 94.3 Å². The van der Waals surface area contributed by atoms with Crippen molar-refractivity contribution < 1.29 is 4.74 Å². The first-order chi connectivity index (χ1) is 12.2. The second-order valence-corrected chi connectivity index (χ2v) is 7.17. The molecule has 0 spiro atoms. The number of nitrogens with one attached hydrogen (secondary N) is 1. The first kappa shape index (κ1) is 16.7. The minimum atomic E-state index is 0.320. The summed E-state index contributed by atoms with van der Waals surface area (Å²) in [7, 11) is 0. The van der Waals surface area contributed by atoms with E-state index in [0.717, 1.165) is 69.4 Å². The summed E-state index contributed by atoms with van der Waals surface area (Å²) >= 11 is 0. The summed E-state index contributed by atoms with van der Waals surface area (Å²) in [5.74, 6) is 0.960. The molecule has 1 N–H and O–H groups in total. The quantitative estimate of drug-likeness (QED) is 0.869. The summed E-state index contributed by atoms with van der Waals surface area (Å²) in [5, 5.41) is 0. The molecular formula is C17H27N7O. The Bertz CT molecular complexity index is 695. The van der Waals surface area contributed by atoms with Crippen LogP contribution in [-0.2, 0) is 4.74 Å². The van der Waals surface area contributed by atoms with Crippen LogP contribution >= 0.6 is 0 Å². The van der Waals surface area contributed by atoms with Gasteiger partial charge in [0.15, 0.2) is 11.5 Å². The molecule has 25 heavy (non-hydrogen) atoms. The summed E-state index contributed by atoms with van der Waals surface area (Å²) < 4.78 is 5.99. The fourth-order valence-corrected chi connectivity index (χ4v) is 3.74. The molecule has 0 unspecified atom stereocenters. The predicted octanol–water partition coefficient (Wildman–Crippen LogP) is 0.584. The van der Waals surface area contributed by atoms with Crippen LogP contribution in [0.5, 0.6) is 0 Å². The number of rotatable bonds is 4. The summed E-state index contributed by atoms with van der Waals surface area (Å²) in [6.45, 7) is 12.5. The Morgan fingerprint density at radius 2 is 2.00 bits per heavy atom. The molecule has 2 aliphatic heterocycles. The Balaban J connectivity index is 1.33. The van der Waals surface area contributed by atoms with Gasteiger partial charge in [-0.25, -0.2) is 15.0 Å². The maximum atomic E-state index is 5.99. The van der Waals surface area contributed by atoms with E-state index in [9.17, 15) is 0 Å². The zero-order valence-electron chi connectivity index (χ0n) is 15.1. The Morgan fingerprint density at radius 1 is 1.16 bits per heavy atom. The molecule has 2 aromatic heterocycles. The van der Waals surface area contributed by atoms with Crippen LogP contribution in [0.25, 0.3) is 11.2 Å². The van der Waals surface area contributed by atoms with E-state index in [1.807, 2.05) is 0 Å². The van der Waals surface area contributed by atoms with E-state index in [1.54, 1.807) is 12.7 Å². The molecule has 8 nitrogen and oxygen atoms in total. The first-order valence-corrected chi connectivity index (χ1v) is 9.18. The van der Waals surface area contributed by atoms with Crippen molar-refractivity contribution in [3.63, 3.8) is 0 Å². The normalized spacial score (nSPS) is 23.6. The molecule has 0 amide bonds. The molecule has 0 aliphatic carbocycles. The van der Waals surface area contributed by atoms with Gasteiger partial charge in [-0.1, -0.05) is 0 Å². The van der Waals surface area contributed by atoms with Gasteiger partial charge in [0.25, 0.3) is 0 Å². The second kappa shape index (κ2) is 7.23. The lowest BCUT2D eigenvalue weighted by atomic mass is 10.2. The van der Waals surface area contributed by atoms with Gasteiger partial charge in [0, 0.05) is 51.9 Å². The lowest BCUT2D eigenvalue weighted by molar-refractivity contribution is -0.0525. The molecule has 2 aliphatic rings. The number of nitrogens with zero attached hydrogens (tertiary/aromatic N) is 6. The molecule has 2 aromatic rings. The molecular weight excluding hydrogens is 318 g/mol. The highest BCUT2D eigenvalue weighted by Gasteiger charge is 2.26. The number of ether oxygens (including phenoxy) is 1. The average Bonchev–Trinajstić information content (AvgIpc) is 3.11. The molecule has 8 heteroatoms. The number of imidazole rings is 1. The van der Waals surface area contributed by atoms with Crippen molar-refractivity contribution >= 4 is 17.0 Å². The predicted molar refractivity (Wildman–Crippen MR) is 96.8 cm³/mol. The number of anilines is 1. The highest BCUT2D eigenvalue weighted by atomic mass is 16.5. The minimum Gasteiger partial charge on any atom is -0.374 e. The minimum absolute atomic E-state index is 0.320. The Kier molecular flexibility index (Phi) is 4.82. The molecule has 0 radical (unpaired) electrons. The van der Waals surface area contributed by atoms with Crippen molar-refractivity contribution in [2.45, 2.75) is 26.0 Å².